The van der Waals surface area contributed by atoms with Gasteiger partial charge in [0, 0.05) is 17.0 Å². The van der Waals surface area contributed by atoms with Gasteiger partial charge in [-0.1, -0.05) is 44.2 Å². The van der Waals surface area contributed by atoms with Gasteiger partial charge in [-0.2, -0.15) is 0 Å². The van der Waals surface area contributed by atoms with Crippen LogP contribution in [0.2, 0.25) is 0 Å². The number of phenolic OH excluding ortho intramolecular Hbond substituents is 1. The normalized spacial score (nSPS) is 11.6. The molecule has 0 fully saturated rings. The first-order chi connectivity index (χ1) is 11.8. The minimum Gasteiger partial charge on any atom is -0.508 e. The fourth-order valence-corrected chi connectivity index (χ4v) is 4.33. The molecular weight excluding hydrogens is 356 g/mol. The van der Waals surface area contributed by atoms with Crippen LogP contribution in [0, 0.1) is 0 Å². The molecule has 0 spiro atoms. The molecule has 130 valence electrons. The molecule has 0 aliphatic heterocycles. The van der Waals surface area contributed by atoms with Crippen molar-refractivity contribution in [2.24, 2.45) is 0 Å². The molecule has 0 saturated heterocycles. The number of aromatic hydroxyl groups is 1. The van der Waals surface area contributed by atoms with Gasteiger partial charge in [0.15, 0.2) is 5.13 Å². The van der Waals surface area contributed by atoms with Crippen molar-refractivity contribution < 1.29 is 13.5 Å². The quantitative estimate of drug-likeness (QED) is 0.692. The third-order valence-corrected chi connectivity index (χ3v) is 5.95. The number of nitrogens with zero attached hydrogens (tertiary/aromatic N) is 1. The number of sulfonamides is 1. The molecule has 3 rings (SSSR count). The lowest BCUT2D eigenvalue weighted by atomic mass is 10.0. The molecule has 25 heavy (non-hydrogen) atoms. The Morgan fingerprint density at radius 2 is 1.84 bits per heavy atom. The van der Waals surface area contributed by atoms with E-state index in [2.05, 4.69) is 35.7 Å². The predicted molar refractivity (Wildman–Crippen MR) is 101 cm³/mol. The second-order valence-corrected chi connectivity index (χ2v) is 8.46. The van der Waals surface area contributed by atoms with Crippen molar-refractivity contribution in [2.75, 3.05) is 4.72 Å². The van der Waals surface area contributed by atoms with Gasteiger partial charge in [0.25, 0.3) is 10.0 Å². The van der Waals surface area contributed by atoms with E-state index >= 15 is 0 Å². The van der Waals surface area contributed by atoms with Gasteiger partial charge >= 0.3 is 0 Å². The summed E-state index contributed by atoms with van der Waals surface area (Å²) in [4.78, 5) is 4.35. The van der Waals surface area contributed by atoms with E-state index in [4.69, 9.17) is 0 Å². The molecule has 0 bridgehead atoms. The molecule has 0 unspecified atom stereocenters. The first-order valence-electron chi connectivity index (χ1n) is 7.73. The van der Waals surface area contributed by atoms with Crippen molar-refractivity contribution in [3.05, 3.63) is 59.5 Å². The average molecular weight is 374 g/mol. The topological polar surface area (TPSA) is 79.3 Å². The van der Waals surface area contributed by atoms with Gasteiger partial charge in [0.05, 0.1) is 10.6 Å². The maximum atomic E-state index is 12.4. The van der Waals surface area contributed by atoms with Gasteiger partial charge in [0.2, 0.25) is 0 Å². The molecule has 1 aromatic heterocycles. The minimum atomic E-state index is -3.78. The summed E-state index contributed by atoms with van der Waals surface area (Å²) in [5.74, 6) is 0.349. The standard InChI is InChI=1S/C18H18N2O3S2/c1-12(2)13-6-8-14(9-7-13)17-11-24-18(19-17)20-25(22,23)16-5-3-4-15(21)10-16/h3-12,21H,1-2H3,(H,19,20). The SMILES string of the molecule is CC(C)c1ccc(-c2csc(NS(=O)(=O)c3cccc(O)c3)n2)cc1. The van der Waals surface area contributed by atoms with E-state index in [1.54, 1.807) is 0 Å². The van der Waals surface area contributed by atoms with Crippen LogP contribution in [0.1, 0.15) is 25.3 Å². The van der Waals surface area contributed by atoms with Crippen molar-refractivity contribution in [1.29, 1.82) is 0 Å². The molecule has 5 nitrogen and oxygen atoms in total. The van der Waals surface area contributed by atoms with E-state index in [9.17, 15) is 13.5 Å². The number of aromatic nitrogens is 1. The number of phenols is 1. The lowest BCUT2D eigenvalue weighted by molar-refractivity contribution is 0.473. The van der Waals surface area contributed by atoms with Crippen LogP contribution in [-0.4, -0.2) is 18.5 Å². The van der Waals surface area contributed by atoms with Crippen molar-refractivity contribution in [3.8, 4) is 17.0 Å². The zero-order valence-corrected chi connectivity index (χ0v) is 15.4. The lowest BCUT2D eigenvalue weighted by Crippen LogP contribution is -2.12. The summed E-state index contributed by atoms with van der Waals surface area (Å²) >= 11 is 1.22. The average Bonchev–Trinajstić information content (AvgIpc) is 3.02. The smallest absolute Gasteiger partial charge is 0.263 e. The van der Waals surface area contributed by atoms with Crippen LogP contribution >= 0.6 is 11.3 Å². The molecule has 2 aromatic carbocycles. The van der Waals surface area contributed by atoms with Crippen molar-refractivity contribution in [1.82, 2.24) is 4.98 Å². The minimum absolute atomic E-state index is 0.00876. The number of hydrogen-bond acceptors (Lipinski definition) is 5. The van der Waals surface area contributed by atoms with Crippen molar-refractivity contribution in [3.63, 3.8) is 0 Å². The highest BCUT2D eigenvalue weighted by molar-refractivity contribution is 7.93. The van der Waals surface area contributed by atoms with Crippen LogP contribution in [0.4, 0.5) is 5.13 Å². The van der Waals surface area contributed by atoms with Gasteiger partial charge in [-0.15, -0.1) is 11.3 Å². The monoisotopic (exact) mass is 374 g/mol. The molecule has 0 atom stereocenters. The predicted octanol–water partition coefficient (Wildman–Crippen LogP) is 4.44. The van der Waals surface area contributed by atoms with E-state index in [1.165, 1.54) is 41.2 Å². The molecular formula is C18H18N2O3S2. The number of rotatable bonds is 5. The largest absolute Gasteiger partial charge is 0.508 e. The van der Waals surface area contributed by atoms with E-state index in [0.717, 1.165) is 5.56 Å². The van der Waals surface area contributed by atoms with E-state index < -0.39 is 10.0 Å². The third-order valence-electron chi connectivity index (χ3n) is 3.73. The van der Waals surface area contributed by atoms with Crippen molar-refractivity contribution in [2.45, 2.75) is 24.7 Å². The number of anilines is 1. The highest BCUT2D eigenvalue weighted by Crippen LogP contribution is 2.28. The summed E-state index contributed by atoms with van der Waals surface area (Å²) < 4.78 is 27.2. The van der Waals surface area contributed by atoms with Gasteiger partial charge in [-0.05, 0) is 23.6 Å². The third kappa shape index (κ3) is 4.00. The number of nitrogens with one attached hydrogen (secondary N) is 1. The summed E-state index contributed by atoms with van der Waals surface area (Å²) in [6.45, 7) is 4.26. The summed E-state index contributed by atoms with van der Waals surface area (Å²) in [5, 5.41) is 11.5. The lowest BCUT2D eigenvalue weighted by Gasteiger charge is -2.06. The fourth-order valence-electron chi connectivity index (χ4n) is 2.32. The first kappa shape index (κ1) is 17.4. The molecule has 0 aliphatic carbocycles. The Morgan fingerprint density at radius 3 is 2.48 bits per heavy atom. The van der Waals surface area contributed by atoms with E-state index in [-0.39, 0.29) is 15.8 Å². The van der Waals surface area contributed by atoms with Crippen LogP contribution in [0.3, 0.4) is 0 Å². The van der Waals surface area contributed by atoms with Crippen LogP contribution in [0.5, 0.6) is 5.75 Å². The van der Waals surface area contributed by atoms with E-state index in [1.807, 2.05) is 17.5 Å². The molecule has 0 radical (unpaired) electrons. The molecule has 0 amide bonds. The van der Waals surface area contributed by atoms with Gasteiger partial charge in [-0.25, -0.2) is 13.4 Å². The number of benzene rings is 2. The number of hydrogen-bond donors (Lipinski definition) is 2. The second kappa shape index (κ2) is 6.85. The van der Waals surface area contributed by atoms with E-state index in [0.29, 0.717) is 11.6 Å². The summed E-state index contributed by atoms with van der Waals surface area (Å²) in [5.41, 5.74) is 2.89. The van der Waals surface area contributed by atoms with Crippen LogP contribution in [-0.2, 0) is 10.0 Å². The highest BCUT2D eigenvalue weighted by Gasteiger charge is 2.17. The number of thiazole rings is 1. The van der Waals surface area contributed by atoms with Crippen molar-refractivity contribution >= 4 is 26.5 Å². The van der Waals surface area contributed by atoms with Gasteiger partial charge in [0.1, 0.15) is 5.75 Å². The zero-order chi connectivity index (χ0) is 18.0. The van der Waals surface area contributed by atoms with Crippen LogP contribution < -0.4 is 4.72 Å². The Hall–Kier alpha value is -2.38. The fraction of sp³-hybridized carbons (Fsp3) is 0.167. The van der Waals surface area contributed by atoms with Crippen LogP contribution in [0.15, 0.2) is 58.8 Å². The molecule has 3 aromatic rings. The summed E-state index contributed by atoms with van der Waals surface area (Å²) in [7, 11) is -3.78. The van der Waals surface area contributed by atoms with Gasteiger partial charge in [-0.3, -0.25) is 4.72 Å². The maximum absolute atomic E-state index is 12.4. The Kier molecular flexibility index (Phi) is 4.78. The Bertz CT molecular complexity index is 978. The second-order valence-electron chi connectivity index (χ2n) is 5.92. The molecule has 0 aliphatic rings. The Morgan fingerprint density at radius 1 is 1.12 bits per heavy atom. The summed E-state index contributed by atoms with van der Waals surface area (Å²) in [6, 6.07) is 13.6. The Balaban J connectivity index is 1.82. The molecule has 0 saturated carbocycles. The highest BCUT2D eigenvalue weighted by atomic mass is 32.2. The molecule has 2 N–H and O–H groups in total. The van der Waals surface area contributed by atoms with Crippen LogP contribution in [0.25, 0.3) is 11.3 Å². The maximum Gasteiger partial charge on any atom is 0.263 e. The molecule has 7 heteroatoms. The Labute approximate surface area is 151 Å². The molecule has 1 heterocycles. The zero-order valence-electron chi connectivity index (χ0n) is 13.8. The first-order valence-corrected chi connectivity index (χ1v) is 10.1. The summed E-state index contributed by atoms with van der Waals surface area (Å²) in [6.07, 6.45) is 0. The van der Waals surface area contributed by atoms with Gasteiger partial charge < -0.3 is 5.11 Å².